The van der Waals surface area contributed by atoms with E-state index in [1.165, 1.54) is 12.1 Å². The van der Waals surface area contributed by atoms with Crippen molar-refractivity contribution in [3.05, 3.63) is 174 Å². The van der Waals surface area contributed by atoms with Crippen molar-refractivity contribution in [3.63, 3.8) is 0 Å². The molecule has 4 aromatic carbocycles. The zero-order valence-corrected chi connectivity index (χ0v) is 24.9. The van der Waals surface area contributed by atoms with Gasteiger partial charge >= 0.3 is 5.97 Å². The number of aromatic nitrogens is 2. The van der Waals surface area contributed by atoms with Gasteiger partial charge in [-0.25, -0.2) is 14.2 Å². The van der Waals surface area contributed by atoms with E-state index in [0.29, 0.717) is 28.2 Å². The zero-order chi connectivity index (χ0) is 31.6. The standard InChI is InChI=1S/C38H31FN4O2/c1-26(40)33(28-19-21-36-41-23-35(43(36)24-28)27-18-20-32(37(44)45)34(39)22-27)25-42(2)38(29-12-6-3-7-13-29,30-14-8-4-9-15-30)31-16-10-5-11-17-31/h3-25,40H,1-2H3,(H,44,45)/b33-25+,40-26?. The molecule has 0 radical (unpaired) electrons. The average Bonchev–Trinajstić information content (AvgIpc) is 3.48. The number of carboxylic acid groups (broad SMARTS) is 1. The van der Waals surface area contributed by atoms with Gasteiger partial charge in [-0.1, -0.05) is 97.1 Å². The summed E-state index contributed by atoms with van der Waals surface area (Å²) in [5.74, 6) is -2.14. The maximum Gasteiger partial charge on any atom is 0.338 e. The minimum atomic E-state index is -1.32. The molecule has 0 aliphatic carbocycles. The number of pyridine rings is 1. The molecule has 6 rings (SSSR count). The van der Waals surface area contributed by atoms with Gasteiger partial charge < -0.3 is 15.4 Å². The van der Waals surface area contributed by atoms with Gasteiger partial charge in [-0.05, 0) is 47.9 Å². The van der Waals surface area contributed by atoms with E-state index in [-0.39, 0.29) is 5.56 Å². The van der Waals surface area contributed by atoms with Crippen molar-refractivity contribution >= 4 is 22.9 Å². The van der Waals surface area contributed by atoms with Crippen molar-refractivity contribution in [2.45, 2.75) is 12.5 Å². The first-order chi connectivity index (χ1) is 21.8. The van der Waals surface area contributed by atoms with Crippen molar-refractivity contribution < 1.29 is 14.3 Å². The second-order valence-electron chi connectivity index (χ2n) is 10.9. The Balaban J connectivity index is 1.53. The number of aromatic carboxylic acids is 1. The smallest absolute Gasteiger partial charge is 0.338 e. The summed E-state index contributed by atoms with van der Waals surface area (Å²) in [5, 5.41) is 18.1. The highest BCUT2D eigenvalue weighted by atomic mass is 19.1. The second-order valence-corrected chi connectivity index (χ2v) is 10.9. The molecule has 0 saturated carbocycles. The molecular formula is C38H31FN4O2. The molecular weight excluding hydrogens is 563 g/mol. The van der Waals surface area contributed by atoms with E-state index >= 15 is 0 Å². The van der Waals surface area contributed by atoms with E-state index in [9.17, 15) is 14.3 Å². The number of carbonyl (C=O) groups is 1. The summed E-state index contributed by atoms with van der Waals surface area (Å²) in [6.45, 7) is 1.76. The van der Waals surface area contributed by atoms with E-state index in [1.54, 1.807) is 19.2 Å². The molecule has 0 aliphatic rings. The summed E-state index contributed by atoms with van der Waals surface area (Å²) >= 11 is 0. The molecule has 6 aromatic rings. The fourth-order valence-electron chi connectivity index (χ4n) is 6.03. The predicted octanol–water partition coefficient (Wildman–Crippen LogP) is 8.14. The normalized spacial score (nSPS) is 11.8. The fourth-order valence-corrected chi connectivity index (χ4v) is 6.03. The lowest BCUT2D eigenvalue weighted by molar-refractivity contribution is 0.0692. The summed E-state index contributed by atoms with van der Waals surface area (Å²) in [4.78, 5) is 18.0. The van der Waals surface area contributed by atoms with Gasteiger partial charge in [0.2, 0.25) is 0 Å². The lowest BCUT2D eigenvalue weighted by Crippen LogP contribution is -2.43. The van der Waals surface area contributed by atoms with Crippen LogP contribution in [0.1, 0.15) is 39.5 Å². The maximum absolute atomic E-state index is 14.6. The van der Waals surface area contributed by atoms with Crippen molar-refractivity contribution in [2.24, 2.45) is 0 Å². The first-order valence-electron chi connectivity index (χ1n) is 14.5. The Kier molecular flexibility index (Phi) is 7.84. The third-order valence-corrected chi connectivity index (χ3v) is 8.14. The molecule has 0 atom stereocenters. The highest BCUT2D eigenvalue weighted by Crippen LogP contribution is 2.42. The number of hydrogen-bond acceptors (Lipinski definition) is 4. The van der Waals surface area contributed by atoms with Gasteiger partial charge in [0.1, 0.15) is 17.0 Å². The molecule has 45 heavy (non-hydrogen) atoms. The number of fused-ring (bicyclic) bond motifs is 1. The van der Waals surface area contributed by atoms with Gasteiger partial charge in [0, 0.05) is 41.9 Å². The second kappa shape index (κ2) is 12.1. The van der Waals surface area contributed by atoms with Crippen LogP contribution < -0.4 is 0 Å². The third-order valence-electron chi connectivity index (χ3n) is 8.14. The quantitative estimate of drug-likeness (QED) is 0.131. The largest absolute Gasteiger partial charge is 0.478 e. The fraction of sp³-hybridized carbons (Fsp3) is 0.0789. The van der Waals surface area contributed by atoms with E-state index < -0.39 is 17.3 Å². The molecule has 0 saturated heterocycles. The molecule has 0 spiro atoms. The number of rotatable bonds is 9. The van der Waals surface area contributed by atoms with Gasteiger partial charge in [0.15, 0.2) is 0 Å². The van der Waals surface area contributed by atoms with Gasteiger partial charge in [-0.3, -0.25) is 4.40 Å². The molecule has 0 bridgehead atoms. The number of hydrogen-bond donors (Lipinski definition) is 2. The SMILES string of the molecule is CC(=N)/C(=C\N(C)C(c1ccccc1)(c1ccccc1)c1ccccc1)c1ccc2ncc(-c3ccc(C(=O)O)c(F)c3)n2c1. The van der Waals surface area contributed by atoms with Crippen LogP contribution in [0.4, 0.5) is 4.39 Å². The third kappa shape index (κ3) is 5.29. The highest BCUT2D eigenvalue weighted by Gasteiger charge is 2.39. The number of nitrogens with one attached hydrogen (secondary N) is 1. The summed E-state index contributed by atoms with van der Waals surface area (Å²) < 4.78 is 16.5. The minimum absolute atomic E-state index is 0.364. The lowest BCUT2D eigenvalue weighted by Gasteiger charge is -2.43. The Morgan fingerprint density at radius 3 is 1.91 bits per heavy atom. The van der Waals surface area contributed by atoms with Crippen LogP contribution in [0.2, 0.25) is 0 Å². The molecule has 0 unspecified atom stereocenters. The van der Waals surface area contributed by atoms with Crippen LogP contribution >= 0.6 is 0 Å². The van der Waals surface area contributed by atoms with Gasteiger partial charge in [0.05, 0.1) is 17.5 Å². The van der Waals surface area contributed by atoms with E-state index in [4.69, 9.17) is 5.41 Å². The minimum Gasteiger partial charge on any atom is -0.478 e. The summed E-state index contributed by atoms with van der Waals surface area (Å²) in [6, 6.07) is 38.8. The van der Waals surface area contributed by atoms with Crippen molar-refractivity contribution in [1.82, 2.24) is 14.3 Å². The van der Waals surface area contributed by atoms with E-state index in [0.717, 1.165) is 22.3 Å². The number of allylic oxidation sites excluding steroid dienone is 1. The predicted molar refractivity (Wildman–Crippen MR) is 176 cm³/mol. The zero-order valence-electron chi connectivity index (χ0n) is 24.9. The average molecular weight is 595 g/mol. The number of nitrogens with zero attached hydrogens (tertiary/aromatic N) is 3. The van der Waals surface area contributed by atoms with Crippen LogP contribution in [0.15, 0.2) is 140 Å². The van der Waals surface area contributed by atoms with Crippen molar-refractivity contribution in [3.8, 4) is 11.3 Å². The first-order valence-corrected chi connectivity index (χ1v) is 14.5. The highest BCUT2D eigenvalue weighted by molar-refractivity contribution is 6.21. The van der Waals surface area contributed by atoms with Crippen molar-refractivity contribution in [1.29, 1.82) is 5.41 Å². The van der Waals surface area contributed by atoms with Crippen LogP contribution in [0.5, 0.6) is 0 Å². The topological polar surface area (TPSA) is 81.7 Å². The van der Waals surface area contributed by atoms with Crippen LogP contribution in [0.3, 0.4) is 0 Å². The monoisotopic (exact) mass is 594 g/mol. The van der Waals surface area contributed by atoms with Gasteiger partial charge in [-0.2, -0.15) is 0 Å². The molecule has 0 amide bonds. The van der Waals surface area contributed by atoms with Crippen molar-refractivity contribution in [2.75, 3.05) is 7.05 Å². The Hall–Kier alpha value is -5.82. The molecule has 2 heterocycles. The van der Waals surface area contributed by atoms with Gasteiger partial charge in [-0.15, -0.1) is 0 Å². The van der Waals surface area contributed by atoms with Crippen LogP contribution in [-0.2, 0) is 5.54 Å². The Morgan fingerprint density at radius 1 is 0.867 bits per heavy atom. The molecule has 7 heteroatoms. The van der Waals surface area contributed by atoms with Crippen LogP contribution in [0, 0.1) is 11.2 Å². The number of halogens is 1. The molecule has 2 N–H and O–H groups in total. The number of imidazole rings is 1. The Labute approximate surface area is 260 Å². The molecule has 6 nitrogen and oxygen atoms in total. The maximum atomic E-state index is 14.6. The number of carboxylic acids is 1. The number of benzene rings is 4. The summed E-state index contributed by atoms with van der Waals surface area (Å²) in [7, 11) is 2.03. The van der Waals surface area contributed by atoms with Crippen LogP contribution in [-0.4, -0.2) is 38.1 Å². The van der Waals surface area contributed by atoms with Gasteiger partial charge in [0.25, 0.3) is 0 Å². The molecule has 2 aromatic heterocycles. The summed E-state index contributed by atoms with van der Waals surface area (Å²) in [5.41, 5.74) is 5.66. The lowest BCUT2D eigenvalue weighted by atomic mass is 9.76. The van der Waals surface area contributed by atoms with E-state index in [2.05, 4.69) is 46.3 Å². The molecule has 0 fully saturated rings. The first kappa shape index (κ1) is 29.3. The Bertz CT molecular complexity index is 1940. The molecule has 222 valence electrons. The Morgan fingerprint density at radius 2 is 1.42 bits per heavy atom. The van der Waals surface area contributed by atoms with E-state index in [1.807, 2.05) is 90.6 Å². The van der Waals surface area contributed by atoms with Crippen LogP contribution in [0.25, 0.3) is 22.5 Å². The molecule has 0 aliphatic heterocycles. The summed E-state index contributed by atoms with van der Waals surface area (Å²) in [6.07, 6.45) is 5.52.